The molecule has 2 aliphatic carbocycles. The molecule has 1 amide bonds. The Morgan fingerprint density at radius 2 is 2.22 bits per heavy atom. The molecule has 1 aliphatic heterocycles. The van der Waals surface area contributed by atoms with Crippen molar-refractivity contribution in [3.8, 4) is 0 Å². The summed E-state index contributed by atoms with van der Waals surface area (Å²) in [5, 5.41) is 5.82. The molecular formula is C17H25N3O2S. The van der Waals surface area contributed by atoms with Gasteiger partial charge in [-0.3, -0.25) is 9.69 Å². The van der Waals surface area contributed by atoms with E-state index in [2.05, 4.69) is 20.6 Å². The van der Waals surface area contributed by atoms with E-state index in [0.717, 1.165) is 55.5 Å². The zero-order chi connectivity index (χ0) is 15.6. The lowest BCUT2D eigenvalue weighted by Crippen LogP contribution is -2.35. The molecule has 1 aromatic rings. The van der Waals surface area contributed by atoms with Gasteiger partial charge in [-0.2, -0.15) is 0 Å². The minimum absolute atomic E-state index is 0.148. The number of amides is 1. The van der Waals surface area contributed by atoms with Gasteiger partial charge in [0.05, 0.1) is 18.9 Å². The first kappa shape index (κ1) is 15.5. The number of rotatable bonds is 5. The summed E-state index contributed by atoms with van der Waals surface area (Å²) in [7, 11) is 0. The Labute approximate surface area is 141 Å². The standard InChI is InChI=1S/C17H25N3O2S/c21-16(9-14-8-12-1-2-13(14)7-12)19-17-18-15(11-23-17)10-20-3-5-22-6-4-20/h11-14H,1-10H2,(H,18,19,21). The quantitative estimate of drug-likeness (QED) is 0.899. The highest BCUT2D eigenvalue weighted by atomic mass is 32.1. The van der Waals surface area contributed by atoms with Crippen molar-refractivity contribution in [2.24, 2.45) is 17.8 Å². The van der Waals surface area contributed by atoms with Crippen molar-refractivity contribution < 1.29 is 9.53 Å². The Kier molecular flexibility index (Phi) is 4.64. The second kappa shape index (κ2) is 6.87. The van der Waals surface area contributed by atoms with E-state index < -0.39 is 0 Å². The van der Waals surface area contributed by atoms with Crippen LogP contribution >= 0.6 is 11.3 Å². The van der Waals surface area contributed by atoms with Gasteiger partial charge >= 0.3 is 0 Å². The molecule has 1 N–H and O–H groups in total. The summed E-state index contributed by atoms with van der Waals surface area (Å²) in [5.41, 5.74) is 1.05. The van der Waals surface area contributed by atoms with Gasteiger partial charge in [-0.1, -0.05) is 6.42 Å². The van der Waals surface area contributed by atoms with Crippen LogP contribution in [0.4, 0.5) is 5.13 Å². The molecule has 126 valence electrons. The maximum absolute atomic E-state index is 12.3. The van der Waals surface area contributed by atoms with Gasteiger partial charge in [0, 0.05) is 31.4 Å². The highest BCUT2D eigenvalue weighted by molar-refractivity contribution is 7.13. The van der Waals surface area contributed by atoms with Crippen molar-refractivity contribution >= 4 is 22.4 Å². The number of carbonyl (C=O) groups excluding carboxylic acids is 1. The maximum atomic E-state index is 12.3. The number of fused-ring (bicyclic) bond motifs is 2. The Morgan fingerprint density at radius 3 is 2.96 bits per heavy atom. The van der Waals surface area contributed by atoms with Gasteiger partial charge in [0.25, 0.3) is 0 Å². The first-order valence-corrected chi connectivity index (χ1v) is 9.68. The summed E-state index contributed by atoms with van der Waals surface area (Å²) < 4.78 is 5.36. The SMILES string of the molecule is O=C(CC1CC2CCC1C2)Nc1nc(CN2CCOCC2)cs1. The fraction of sp³-hybridized carbons (Fsp3) is 0.765. The van der Waals surface area contributed by atoms with Crippen LogP contribution in [0.3, 0.4) is 0 Å². The number of nitrogens with one attached hydrogen (secondary N) is 1. The van der Waals surface area contributed by atoms with E-state index in [0.29, 0.717) is 12.3 Å². The summed E-state index contributed by atoms with van der Waals surface area (Å²) in [4.78, 5) is 19.2. The van der Waals surface area contributed by atoms with Crippen molar-refractivity contribution in [3.05, 3.63) is 11.1 Å². The number of morpholine rings is 1. The predicted octanol–water partition coefficient (Wildman–Crippen LogP) is 2.74. The molecule has 3 aliphatic rings. The molecule has 3 fully saturated rings. The first-order valence-electron chi connectivity index (χ1n) is 8.80. The number of thiazole rings is 1. The third-order valence-electron chi connectivity index (χ3n) is 5.62. The second-order valence-electron chi connectivity index (χ2n) is 7.22. The molecule has 2 saturated carbocycles. The second-order valence-corrected chi connectivity index (χ2v) is 8.08. The number of ether oxygens (including phenoxy) is 1. The zero-order valence-corrected chi connectivity index (χ0v) is 14.3. The molecule has 23 heavy (non-hydrogen) atoms. The molecule has 3 unspecified atom stereocenters. The molecule has 0 aromatic carbocycles. The molecule has 0 spiro atoms. The van der Waals surface area contributed by atoms with Gasteiger partial charge < -0.3 is 10.1 Å². The largest absolute Gasteiger partial charge is 0.379 e. The first-order chi connectivity index (χ1) is 11.3. The van der Waals surface area contributed by atoms with Crippen molar-refractivity contribution in [1.29, 1.82) is 0 Å². The molecule has 0 radical (unpaired) electrons. The minimum Gasteiger partial charge on any atom is -0.379 e. The highest BCUT2D eigenvalue weighted by Gasteiger charge is 2.40. The van der Waals surface area contributed by atoms with Crippen LogP contribution in [0.25, 0.3) is 0 Å². The van der Waals surface area contributed by atoms with Gasteiger partial charge in [0.2, 0.25) is 5.91 Å². The molecule has 1 aromatic heterocycles. The highest BCUT2D eigenvalue weighted by Crippen LogP contribution is 2.49. The average Bonchev–Trinajstić information content (AvgIpc) is 3.26. The fourth-order valence-electron chi connectivity index (χ4n) is 4.46. The van der Waals surface area contributed by atoms with Crippen LogP contribution in [-0.2, 0) is 16.1 Å². The lowest BCUT2D eigenvalue weighted by molar-refractivity contribution is -0.117. The van der Waals surface area contributed by atoms with Gasteiger partial charge in [-0.05, 0) is 37.0 Å². The topological polar surface area (TPSA) is 54.5 Å². The lowest BCUT2D eigenvalue weighted by Gasteiger charge is -2.25. The van der Waals surface area contributed by atoms with Gasteiger partial charge in [-0.15, -0.1) is 11.3 Å². The molecule has 2 bridgehead atoms. The van der Waals surface area contributed by atoms with Crippen LogP contribution in [0, 0.1) is 17.8 Å². The third kappa shape index (κ3) is 3.75. The molecule has 5 nitrogen and oxygen atoms in total. The summed E-state index contributed by atoms with van der Waals surface area (Å²) in [5.74, 6) is 2.47. The molecule has 4 rings (SSSR count). The Bertz CT molecular complexity index is 556. The number of anilines is 1. The van der Waals surface area contributed by atoms with Crippen molar-refractivity contribution in [2.45, 2.75) is 38.6 Å². The van der Waals surface area contributed by atoms with E-state index in [1.165, 1.54) is 37.0 Å². The smallest absolute Gasteiger partial charge is 0.226 e. The van der Waals surface area contributed by atoms with Crippen LogP contribution in [0.1, 0.15) is 37.8 Å². The van der Waals surface area contributed by atoms with Crippen molar-refractivity contribution in [3.63, 3.8) is 0 Å². The van der Waals surface area contributed by atoms with E-state index in [-0.39, 0.29) is 5.91 Å². The molecule has 1 saturated heterocycles. The minimum atomic E-state index is 0.148. The Hall–Kier alpha value is -0.980. The summed E-state index contributed by atoms with van der Waals surface area (Å²) in [6.07, 6.45) is 6.03. The number of aromatic nitrogens is 1. The van der Waals surface area contributed by atoms with Crippen LogP contribution in [0.5, 0.6) is 0 Å². The van der Waals surface area contributed by atoms with E-state index in [9.17, 15) is 4.79 Å². The molecule has 3 atom stereocenters. The maximum Gasteiger partial charge on any atom is 0.226 e. The normalized spacial score (nSPS) is 30.7. The van der Waals surface area contributed by atoms with Crippen molar-refractivity contribution in [2.75, 3.05) is 31.6 Å². The molecule has 6 heteroatoms. The van der Waals surface area contributed by atoms with Gasteiger partial charge in [-0.25, -0.2) is 4.98 Å². The van der Waals surface area contributed by atoms with Crippen LogP contribution in [-0.4, -0.2) is 42.1 Å². The number of nitrogens with zero attached hydrogens (tertiary/aromatic N) is 2. The fourth-order valence-corrected chi connectivity index (χ4v) is 5.18. The lowest BCUT2D eigenvalue weighted by atomic mass is 9.86. The van der Waals surface area contributed by atoms with Crippen LogP contribution in [0.2, 0.25) is 0 Å². The van der Waals surface area contributed by atoms with Gasteiger partial charge in [0.15, 0.2) is 5.13 Å². The summed E-state index contributed by atoms with van der Waals surface area (Å²) in [6, 6.07) is 0. The summed E-state index contributed by atoms with van der Waals surface area (Å²) >= 11 is 1.54. The molecular weight excluding hydrogens is 310 g/mol. The zero-order valence-electron chi connectivity index (χ0n) is 13.5. The van der Waals surface area contributed by atoms with E-state index >= 15 is 0 Å². The Morgan fingerprint density at radius 1 is 1.35 bits per heavy atom. The summed E-state index contributed by atoms with van der Waals surface area (Å²) in [6.45, 7) is 4.38. The van der Waals surface area contributed by atoms with Crippen LogP contribution < -0.4 is 5.32 Å². The number of hydrogen-bond acceptors (Lipinski definition) is 5. The Balaban J connectivity index is 1.26. The predicted molar refractivity (Wildman–Crippen MR) is 90.4 cm³/mol. The molecule has 2 heterocycles. The van der Waals surface area contributed by atoms with E-state index in [4.69, 9.17) is 4.74 Å². The average molecular weight is 335 g/mol. The van der Waals surface area contributed by atoms with Gasteiger partial charge in [0.1, 0.15) is 0 Å². The van der Waals surface area contributed by atoms with E-state index in [1.54, 1.807) is 0 Å². The number of carbonyl (C=O) groups is 1. The van der Waals surface area contributed by atoms with Crippen molar-refractivity contribution in [1.82, 2.24) is 9.88 Å². The number of hydrogen-bond donors (Lipinski definition) is 1. The van der Waals surface area contributed by atoms with Crippen LogP contribution in [0.15, 0.2) is 5.38 Å². The third-order valence-corrected chi connectivity index (χ3v) is 6.43. The van der Waals surface area contributed by atoms with E-state index in [1.807, 2.05) is 0 Å². The monoisotopic (exact) mass is 335 g/mol.